The maximum absolute atomic E-state index is 12.5. The lowest BCUT2D eigenvalue weighted by atomic mass is 9.84. The van der Waals surface area contributed by atoms with E-state index in [1.165, 1.54) is 0 Å². The van der Waals surface area contributed by atoms with Gasteiger partial charge in [-0.25, -0.2) is 0 Å². The number of halogens is 1. The van der Waals surface area contributed by atoms with E-state index >= 15 is 0 Å². The highest BCUT2D eigenvalue weighted by Crippen LogP contribution is 2.30. The van der Waals surface area contributed by atoms with E-state index in [1.54, 1.807) is 0 Å². The molecule has 0 aromatic heterocycles. The molecule has 0 bridgehead atoms. The van der Waals surface area contributed by atoms with E-state index in [0.29, 0.717) is 0 Å². The molecule has 0 aliphatic rings. The highest BCUT2D eigenvalue weighted by molar-refractivity contribution is 6.30. The van der Waals surface area contributed by atoms with Crippen molar-refractivity contribution < 1.29 is 4.79 Å². The van der Waals surface area contributed by atoms with Gasteiger partial charge in [0, 0.05) is 24.0 Å². The summed E-state index contributed by atoms with van der Waals surface area (Å²) < 4.78 is 0. The van der Waals surface area contributed by atoms with Crippen LogP contribution in [0.15, 0.2) is 24.3 Å². The second-order valence-corrected chi connectivity index (χ2v) is 5.31. The summed E-state index contributed by atoms with van der Waals surface area (Å²) >= 11 is 6.05. The fraction of sp³-hybridized carbons (Fsp3) is 0.562. The smallest absolute Gasteiger partial charge is 0.225 e. The maximum atomic E-state index is 12.5. The zero-order chi connectivity index (χ0) is 14.4. The monoisotopic (exact) mass is 281 g/mol. The molecule has 0 saturated heterocycles. The first-order valence-electron chi connectivity index (χ1n) is 7.09. The standard InChI is InChI=1S/C16H24ClNO/c1-5-15(13-9-8-10-14(17)11-13)12(4)16(19)18(6-2)7-3/h8-12,15H,5-7H2,1-4H3. The number of carbonyl (C=O) groups excluding carboxylic acids is 1. The molecule has 3 heteroatoms. The fourth-order valence-electron chi connectivity index (χ4n) is 2.61. The molecule has 0 fully saturated rings. The van der Waals surface area contributed by atoms with Crippen LogP contribution in [0.25, 0.3) is 0 Å². The Morgan fingerprint density at radius 2 is 1.89 bits per heavy atom. The Bertz CT molecular complexity index is 415. The third kappa shape index (κ3) is 3.97. The summed E-state index contributed by atoms with van der Waals surface area (Å²) in [5.74, 6) is 0.451. The third-order valence-corrected chi connectivity index (χ3v) is 4.02. The Labute approximate surface area is 121 Å². The molecule has 0 aliphatic carbocycles. The summed E-state index contributed by atoms with van der Waals surface area (Å²) in [6.45, 7) is 9.73. The molecule has 0 radical (unpaired) electrons. The van der Waals surface area contributed by atoms with Crippen molar-refractivity contribution in [2.24, 2.45) is 5.92 Å². The largest absolute Gasteiger partial charge is 0.343 e. The van der Waals surface area contributed by atoms with Crippen molar-refractivity contribution >= 4 is 17.5 Å². The molecular weight excluding hydrogens is 258 g/mol. The van der Waals surface area contributed by atoms with Crippen molar-refractivity contribution in [1.82, 2.24) is 4.90 Å². The molecule has 0 aliphatic heterocycles. The van der Waals surface area contributed by atoms with Crippen LogP contribution < -0.4 is 0 Å². The molecular formula is C16H24ClNO. The summed E-state index contributed by atoms with van der Waals surface area (Å²) in [6, 6.07) is 7.86. The van der Waals surface area contributed by atoms with Crippen molar-refractivity contribution in [3.63, 3.8) is 0 Å². The van der Waals surface area contributed by atoms with Gasteiger partial charge >= 0.3 is 0 Å². The molecule has 1 amide bonds. The maximum Gasteiger partial charge on any atom is 0.225 e. The minimum absolute atomic E-state index is 0.0108. The normalized spacial score (nSPS) is 13.9. The first-order chi connectivity index (χ1) is 9.04. The van der Waals surface area contributed by atoms with Crippen molar-refractivity contribution in [2.45, 2.75) is 40.0 Å². The number of benzene rings is 1. The molecule has 19 heavy (non-hydrogen) atoms. The van der Waals surface area contributed by atoms with Crippen molar-refractivity contribution in [3.05, 3.63) is 34.9 Å². The molecule has 106 valence electrons. The van der Waals surface area contributed by atoms with Gasteiger partial charge in [0.1, 0.15) is 0 Å². The Morgan fingerprint density at radius 1 is 1.26 bits per heavy atom. The summed E-state index contributed by atoms with van der Waals surface area (Å²) in [4.78, 5) is 14.4. The van der Waals surface area contributed by atoms with E-state index in [1.807, 2.05) is 43.9 Å². The van der Waals surface area contributed by atoms with E-state index in [0.717, 1.165) is 30.1 Å². The lowest BCUT2D eigenvalue weighted by Crippen LogP contribution is -2.37. The van der Waals surface area contributed by atoms with Crippen LogP contribution in [0.1, 0.15) is 45.6 Å². The van der Waals surface area contributed by atoms with Gasteiger partial charge < -0.3 is 4.90 Å². The minimum Gasteiger partial charge on any atom is -0.343 e. The van der Waals surface area contributed by atoms with Gasteiger partial charge in [0.15, 0.2) is 0 Å². The van der Waals surface area contributed by atoms with Crippen molar-refractivity contribution in [2.75, 3.05) is 13.1 Å². The van der Waals surface area contributed by atoms with E-state index in [2.05, 4.69) is 13.0 Å². The van der Waals surface area contributed by atoms with E-state index < -0.39 is 0 Å². The number of nitrogens with zero attached hydrogens (tertiary/aromatic N) is 1. The van der Waals surface area contributed by atoms with Gasteiger partial charge in [0.2, 0.25) is 5.91 Å². The molecule has 0 heterocycles. The highest BCUT2D eigenvalue weighted by Gasteiger charge is 2.26. The molecule has 2 atom stereocenters. The summed E-state index contributed by atoms with van der Waals surface area (Å²) in [7, 11) is 0. The predicted octanol–water partition coefficient (Wildman–Crippen LogP) is 4.34. The molecule has 1 aromatic carbocycles. The van der Waals surface area contributed by atoms with Gasteiger partial charge in [0.25, 0.3) is 0 Å². The van der Waals surface area contributed by atoms with Crippen LogP contribution in [0, 0.1) is 5.92 Å². The minimum atomic E-state index is -0.0108. The molecule has 1 aromatic rings. The Hall–Kier alpha value is -1.02. The molecule has 0 spiro atoms. The van der Waals surface area contributed by atoms with Crippen molar-refractivity contribution in [3.8, 4) is 0 Å². The van der Waals surface area contributed by atoms with Crippen LogP contribution in [0.2, 0.25) is 5.02 Å². The van der Waals surface area contributed by atoms with Gasteiger partial charge in [-0.1, -0.05) is 37.6 Å². The second kappa shape index (κ2) is 7.54. The van der Waals surface area contributed by atoms with Gasteiger partial charge in [-0.3, -0.25) is 4.79 Å². The lowest BCUT2D eigenvalue weighted by molar-refractivity contribution is -0.135. The number of carbonyl (C=O) groups is 1. The van der Waals surface area contributed by atoms with Crippen LogP contribution in [-0.4, -0.2) is 23.9 Å². The molecule has 0 N–H and O–H groups in total. The first kappa shape index (κ1) is 16.0. The molecule has 1 rings (SSSR count). The first-order valence-corrected chi connectivity index (χ1v) is 7.47. The van der Waals surface area contributed by atoms with Crippen LogP contribution in [0.3, 0.4) is 0 Å². The van der Waals surface area contributed by atoms with Gasteiger partial charge in [-0.15, -0.1) is 0 Å². The van der Waals surface area contributed by atoms with E-state index in [-0.39, 0.29) is 17.7 Å². The number of hydrogen-bond acceptors (Lipinski definition) is 1. The highest BCUT2D eigenvalue weighted by atomic mass is 35.5. The van der Waals surface area contributed by atoms with Crippen LogP contribution >= 0.6 is 11.6 Å². The van der Waals surface area contributed by atoms with Crippen molar-refractivity contribution in [1.29, 1.82) is 0 Å². The van der Waals surface area contributed by atoms with Gasteiger partial charge in [0.05, 0.1) is 0 Å². The average molecular weight is 282 g/mol. The number of amides is 1. The van der Waals surface area contributed by atoms with Gasteiger partial charge in [-0.05, 0) is 43.9 Å². The second-order valence-electron chi connectivity index (χ2n) is 4.87. The lowest BCUT2D eigenvalue weighted by Gasteiger charge is -2.28. The Kier molecular flexibility index (Phi) is 6.36. The fourth-order valence-corrected chi connectivity index (χ4v) is 2.81. The van der Waals surface area contributed by atoms with Crippen LogP contribution in [0.4, 0.5) is 0 Å². The predicted molar refractivity (Wildman–Crippen MR) is 81.6 cm³/mol. The van der Waals surface area contributed by atoms with E-state index in [4.69, 9.17) is 11.6 Å². The zero-order valence-corrected chi connectivity index (χ0v) is 13.1. The zero-order valence-electron chi connectivity index (χ0n) is 12.3. The van der Waals surface area contributed by atoms with E-state index in [9.17, 15) is 4.79 Å². The number of hydrogen-bond donors (Lipinski definition) is 0. The third-order valence-electron chi connectivity index (χ3n) is 3.78. The molecule has 0 saturated carbocycles. The summed E-state index contributed by atoms with van der Waals surface area (Å²) in [5, 5.41) is 0.735. The van der Waals surface area contributed by atoms with Crippen LogP contribution in [0.5, 0.6) is 0 Å². The molecule has 2 unspecified atom stereocenters. The summed E-state index contributed by atoms with van der Waals surface area (Å²) in [5.41, 5.74) is 1.16. The topological polar surface area (TPSA) is 20.3 Å². The average Bonchev–Trinajstić information content (AvgIpc) is 2.40. The Morgan fingerprint density at radius 3 is 2.37 bits per heavy atom. The number of rotatable bonds is 6. The summed E-state index contributed by atoms with van der Waals surface area (Å²) in [6.07, 6.45) is 0.939. The SMILES string of the molecule is CCC(c1cccc(Cl)c1)C(C)C(=O)N(CC)CC. The molecule has 2 nitrogen and oxygen atoms in total. The van der Waals surface area contributed by atoms with Gasteiger partial charge in [-0.2, -0.15) is 0 Å². The quantitative estimate of drug-likeness (QED) is 0.760. The van der Waals surface area contributed by atoms with Crippen LogP contribution in [-0.2, 0) is 4.79 Å². The Balaban J connectivity index is 2.93.